The van der Waals surface area contributed by atoms with Gasteiger partial charge in [-0.15, -0.1) is 0 Å². The Hall–Kier alpha value is -2.87. The van der Waals surface area contributed by atoms with E-state index in [0.717, 1.165) is 40.4 Å². The van der Waals surface area contributed by atoms with Gasteiger partial charge >= 0.3 is 6.09 Å². The zero-order valence-electron chi connectivity index (χ0n) is 19.6. The van der Waals surface area contributed by atoms with E-state index in [1.54, 1.807) is 4.90 Å². The summed E-state index contributed by atoms with van der Waals surface area (Å²) in [5.41, 5.74) is 10.1. The number of fused-ring (bicyclic) bond motifs is 1. The van der Waals surface area contributed by atoms with Crippen LogP contribution >= 0.6 is 0 Å². The molecule has 1 amide bonds. The quantitative estimate of drug-likeness (QED) is 0.715. The number of hydrogen-bond donors (Lipinski definition) is 1. The lowest BCUT2D eigenvalue weighted by atomic mass is 10.0. The number of carbonyl (C=O) groups excluding carboxylic acids is 1. The van der Waals surface area contributed by atoms with Gasteiger partial charge in [0.05, 0.1) is 31.5 Å². The van der Waals surface area contributed by atoms with Crippen molar-refractivity contribution in [3.8, 4) is 11.4 Å². The Bertz CT molecular complexity index is 1020. The van der Waals surface area contributed by atoms with Crippen molar-refractivity contribution in [3.05, 3.63) is 35.0 Å². The molecular formula is C24H33N5O3. The van der Waals surface area contributed by atoms with Crippen molar-refractivity contribution in [1.29, 1.82) is 0 Å². The fraction of sp³-hybridized carbons (Fsp3) is 0.542. The first-order valence-electron chi connectivity index (χ1n) is 11.2. The molecule has 0 spiro atoms. The maximum Gasteiger partial charge on any atom is 0.410 e. The lowest BCUT2D eigenvalue weighted by molar-refractivity contribution is 0.0220. The van der Waals surface area contributed by atoms with E-state index in [1.165, 1.54) is 0 Å². The van der Waals surface area contributed by atoms with E-state index in [9.17, 15) is 4.79 Å². The van der Waals surface area contributed by atoms with Crippen LogP contribution in [-0.2, 0) is 22.4 Å². The van der Waals surface area contributed by atoms with Gasteiger partial charge in [-0.2, -0.15) is 0 Å². The van der Waals surface area contributed by atoms with Crippen molar-refractivity contribution >= 4 is 17.6 Å². The van der Waals surface area contributed by atoms with Crippen LogP contribution in [0.4, 0.5) is 16.3 Å². The second-order valence-corrected chi connectivity index (χ2v) is 9.64. The third-order valence-corrected chi connectivity index (χ3v) is 5.86. The summed E-state index contributed by atoms with van der Waals surface area (Å²) in [6, 6.07) is 6.06. The summed E-state index contributed by atoms with van der Waals surface area (Å²) in [4.78, 5) is 26.7. The maximum absolute atomic E-state index is 12.7. The third-order valence-electron chi connectivity index (χ3n) is 5.86. The average Bonchev–Trinajstić information content (AvgIpc) is 2.73. The molecule has 1 saturated heterocycles. The summed E-state index contributed by atoms with van der Waals surface area (Å²) in [6.45, 7) is 12.9. The molecule has 0 radical (unpaired) electrons. The van der Waals surface area contributed by atoms with E-state index in [4.69, 9.17) is 25.2 Å². The number of carbonyl (C=O) groups is 1. The highest BCUT2D eigenvalue weighted by Crippen LogP contribution is 2.32. The molecule has 3 heterocycles. The van der Waals surface area contributed by atoms with E-state index in [2.05, 4.69) is 11.8 Å². The zero-order valence-corrected chi connectivity index (χ0v) is 19.6. The molecule has 2 N–H and O–H groups in total. The molecule has 2 aliphatic heterocycles. The average molecular weight is 440 g/mol. The lowest BCUT2D eigenvalue weighted by Crippen LogP contribution is -2.46. The van der Waals surface area contributed by atoms with Crippen molar-refractivity contribution in [2.45, 2.75) is 59.2 Å². The second-order valence-electron chi connectivity index (χ2n) is 9.64. The second kappa shape index (κ2) is 8.58. The lowest BCUT2D eigenvalue weighted by Gasteiger charge is -2.38. The Morgan fingerprint density at radius 2 is 2.03 bits per heavy atom. The zero-order chi connectivity index (χ0) is 23.0. The van der Waals surface area contributed by atoms with E-state index < -0.39 is 5.60 Å². The summed E-state index contributed by atoms with van der Waals surface area (Å²) in [6.07, 6.45) is 0.377. The fourth-order valence-electron chi connectivity index (χ4n) is 4.12. The van der Waals surface area contributed by atoms with Crippen LogP contribution in [0.1, 0.15) is 44.5 Å². The first-order valence-corrected chi connectivity index (χ1v) is 11.2. The first kappa shape index (κ1) is 22.3. The fourth-order valence-corrected chi connectivity index (χ4v) is 4.12. The molecule has 8 nitrogen and oxygen atoms in total. The topological polar surface area (TPSA) is 93.8 Å². The van der Waals surface area contributed by atoms with Crippen LogP contribution in [0.2, 0.25) is 0 Å². The van der Waals surface area contributed by atoms with E-state index in [1.807, 2.05) is 45.9 Å². The van der Waals surface area contributed by atoms with Gasteiger partial charge in [-0.25, -0.2) is 14.8 Å². The standard InChI is InChI=1S/C24H33N5O3/c1-15-12-17(6-7-19(15)25)21-26-20-13-28(23(30)32-24(3,4)5)9-8-18(20)22(27-21)29-10-11-31-14-16(29)2/h6-7,12,16H,8-11,13-14,25H2,1-5H3/t16-/m0/s1. The molecular weight excluding hydrogens is 406 g/mol. The number of nitrogens with two attached hydrogens (primary N) is 1. The summed E-state index contributed by atoms with van der Waals surface area (Å²) in [7, 11) is 0. The number of amides is 1. The molecule has 2 aliphatic rings. The van der Waals surface area contributed by atoms with E-state index in [0.29, 0.717) is 38.5 Å². The highest BCUT2D eigenvalue weighted by atomic mass is 16.6. The summed E-state index contributed by atoms with van der Waals surface area (Å²) < 4.78 is 11.3. The van der Waals surface area contributed by atoms with Crippen molar-refractivity contribution in [1.82, 2.24) is 14.9 Å². The van der Waals surface area contributed by atoms with Gasteiger partial charge in [0.1, 0.15) is 11.4 Å². The Morgan fingerprint density at radius 1 is 1.25 bits per heavy atom. The summed E-state index contributed by atoms with van der Waals surface area (Å²) >= 11 is 0. The number of aryl methyl sites for hydroxylation is 1. The van der Waals surface area contributed by atoms with Gasteiger partial charge < -0.3 is 25.0 Å². The third kappa shape index (κ3) is 4.65. The predicted octanol–water partition coefficient (Wildman–Crippen LogP) is 3.55. The van der Waals surface area contributed by atoms with Crippen LogP contribution in [0.5, 0.6) is 0 Å². The molecule has 0 bridgehead atoms. The number of anilines is 2. The molecule has 1 fully saturated rings. The number of aromatic nitrogens is 2. The van der Waals surface area contributed by atoms with Crippen LogP contribution < -0.4 is 10.6 Å². The number of rotatable bonds is 2. The van der Waals surface area contributed by atoms with Crippen LogP contribution in [0.25, 0.3) is 11.4 Å². The van der Waals surface area contributed by atoms with Crippen molar-refractivity contribution < 1.29 is 14.3 Å². The first-order chi connectivity index (χ1) is 15.1. The van der Waals surface area contributed by atoms with E-state index >= 15 is 0 Å². The van der Waals surface area contributed by atoms with Gasteiger partial charge in [0.25, 0.3) is 0 Å². The number of ether oxygens (including phenoxy) is 2. The minimum Gasteiger partial charge on any atom is -0.444 e. The van der Waals surface area contributed by atoms with Gasteiger partial charge in [-0.3, -0.25) is 0 Å². The van der Waals surface area contributed by atoms with Gasteiger partial charge in [0.15, 0.2) is 5.82 Å². The molecule has 172 valence electrons. The Labute approximate surface area is 189 Å². The number of nitrogen functional groups attached to an aromatic ring is 1. The molecule has 32 heavy (non-hydrogen) atoms. The summed E-state index contributed by atoms with van der Waals surface area (Å²) in [5.74, 6) is 1.59. The highest BCUT2D eigenvalue weighted by Gasteiger charge is 2.32. The van der Waals surface area contributed by atoms with Gasteiger partial charge in [0.2, 0.25) is 0 Å². The van der Waals surface area contributed by atoms with Gasteiger partial charge in [0, 0.05) is 29.9 Å². The van der Waals surface area contributed by atoms with E-state index in [-0.39, 0.29) is 12.1 Å². The Balaban J connectivity index is 1.75. The molecule has 1 aromatic carbocycles. The predicted molar refractivity (Wildman–Crippen MR) is 125 cm³/mol. The minimum atomic E-state index is -0.538. The molecule has 0 unspecified atom stereocenters. The molecule has 0 aliphatic carbocycles. The number of morpholine rings is 1. The Kier molecular flexibility index (Phi) is 5.99. The maximum atomic E-state index is 12.7. The Morgan fingerprint density at radius 3 is 2.72 bits per heavy atom. The van der Waals surface area contributed by atoms with Gasteiger partial charge in [-0.1, -0.05) is 0 Å². The molecule has 0 saturated carbocycles. The number of nitrogens with zero attached hydrogens (tertiary/aromatic N) is 4. The number of benzene rings is 1. The van der Waals surface area contributed by atoms with Crippen LogP contribution in [0.15, 0.2) is 18.2 Å². The smallest absolute Gasteiger partial charge is 0.410 e. The number of hydrogen-bond acceptors (Lipinski definition) is 7. The van der Waals surface area contributed by atoms with Crippen molar-refractivity contribution in [2.75, 3.05) is 36.9 Å². The molecule has 8 heteroatoms. The van der Waals surface area contributed by atoms with Crippen LogP contribution in [0, 0.1) is 6.92 Å². The normalized spacial score (nSPS) is 19.0. The minimum absolute atomic E-state index is 0.215. The molecule has 2 aromatic rings. The molecule has 1 aromatic heterocycles. The largest absolute Gasteiger partial charge is 0.444 e. The van der Waals surface area contributed by atoms with Crippen molar-refractivity contribution in [2.24, 2.45) is 0 Å². The highest BCUT2D eigenvalue weighted by molar-refractivity contribution is 5.70. The van der Waals surface area contributed by atoms with Crippen molar-refractivity contribution in [3.63, 3.8) is 0 Å². The molecule has 1 atom stereocenters. The van der Waals surface area contributed by atoms with Crippen LogP contribution in [-0.4, -0.2) is 58.9 Å². The SMILES string of the molecule is Cc1cc(-c2nc3c(c(N4CCOC[C@@H]4C)n2)CCN(C(=O)OC(C)(C)C)C3)ccc1N. The monoisotopic (exact) mass is 439 g/mol. The summed E-state index contributed by atoms with van der Waals surface area (Å²) in [5, 5.41) is 0. The van der Waals surface area contributed by atoms with Gasteiger partial charge in [-0.05, 0) is 64.8 Å². The molecule has 4 rings (SSSR count). The van der Waals surface area contributed by atoms with Crippen LogP contribution in [0.3, 0.4) is 0 Å².